The van der Waals surface area contributed by atoms with Crippen LogP contribution in [0.4, 0.5) is 0 Å². The number of hydrogen-bond donors (Lipinski definition) is 0. The Kier molecular flexibility index (Phi) is 3.90. The number of rotatable bonds is 1. The van der Waals surface area contributed by atoms with Crippen LogP contribution >= 0.6 is 23.4 Å². The second kappa shape index (κ2) is 6.51. The number of hydrogen-bond acceptors (Lipinski definition) is 4. The quantitative estimate of drug-likeness (QED) is 0.401. The van der Waals surface area contributed by atoms with Gasteiger partial charge < -0.3 is 4.74 Å². The number of fused-ring (bicyclic) bond motifs is 6. The van der Waals surface area contributed by atoms with Crippen LogP contribution in [0.15, 0.2) is 59.6 Å². The zero-order valence-electron chi connectivity index (χ0n) is 15.8. The molecule has 0 amide bonds. The Morgan fingerprint density at radius 1 is 1.14 bits per heavy atom. The number of aromatic nitrogens is 3. The largest absolute Gasteiger partial charge is 0.477 e. The van der Waals surface area contributed by atoms with Crippen LogP contribution in [-0.4, -0.2) is 27.1 Å². The first kappa shape index (κ1) is 17.4. The van der Waals surface area contributed by atoms with Gasteiger partial charge >= 0.3 is 0 Å². The lowest BCUT2D eigenvalue weighted by Gasteiger charge is -2.36. The molecule has 0 bridgehead atoms. The molecule has 6 rings (SSSR count). The summed E-state index contributed by atoms with van der Waals surface area (Å²) in [5.74, 6) is 2.50. The van der Waals surface area contributed by atoms with E-state index in [-0.39, 0.29) is 5.92 Å². The predicted molar refractivity (Wildman–Crippen MR) is 117 cm³/mol. The van der Waals surface area contributed by atoms with Gasteiger partial charge in [-0.2, -0.15) is 5.10 Å². The van der Waals surface area contributed by atoms with E-state index in [0.29, 0.717) is 17.5 Å². The van der Waals surface area contributed by atoms with E-state index in [9.17, 15) is 0 Å². The Balaban J connectivity index is 1.56. The van der Waals surface area contributed by atoms with E-state index in [1.54, 1.807) is 0 Å². The molecule has 2 aliphatic heterocycles. The summed E-state index contributed by atoms with van der Waals surface area (Å²) >= 11 is 8.06. The number of para-hydroxylation sites is 1. The van der Waals surface area contributed by atoms with Crippen molar-refractivity contribution in [3.05, 3.63) is 76.4 Å². The van der Waals surface area contributed by atoms with Gasteiger partial charge in [0.1, 0.15) is 5.03 Å². The van der Waals surface area contributed by atoms with E-state index < -0.39 is 0 Å². The molecule has 0 radical (unpaired) electrons. The summed E-state index contributed by atoms with van der Waals surface area (Å²) < 4.78 is 8.16. The molecule has 0 saturated carbocycles. The molecule has 2 aromatic heterocycles. The van der Waals surface area contributed by atoms with E-state index in [1.165, 1.54) is 16.5 Å². The van der Waals surface area contributed by atoms with Gasteiger partial charge in [-0.15, -0.1) is 11.8 Å². The molecule has 0 saturated heterocycles. The van der Waals surface area contributed by atoms with Gasteiger partial charge in [-0.3, -0.25) is 0 Å². The number of pyridine rings is 1. The molecule has 6 heteroatoms. The lowest BCUT2D eigenvalue weighted by Crippen LogP contribution is -2.32. The van der Waals surface area contributed by atoms with Crippen molar-refractivity contribution in [2.45, 2.75) is 17.9 Å². The fraction of sp³-hybridized carbons (Fsp3) is 0.217. The van der Waals surface area contributed by atoms with Crippen molar-refractivity contribution in [1.82, 2.24) is 14.8 Å². The SMILES string of the molecule is Cc1nn(-c2cccc(Cl)c2)c2c1[C@@H]1c3cc4ccccc4nc3SC[C@@H]1CO2. The topological polar surface area (TPSA) is 39.9 Å². The molecular formula is C23H18ClN3OS. The fourth-order valence-corrected chi connectivity index (χ4v) is 5.87. The Morgan fingerprint density at radius 3 is 2.93 bits per heavy atom. The first-order valence-electron chi connectivity index (χ1n) is 9.70. The van der Waals surface area contributed by atoms with Crippen LogP contribution in [0.1, 0.15) is 22.7 Å². The van der Waals surface area contributed by atoms with Crippen molar-refractivity contribution in [1.29, 1.82) is 0 Å². The van der Waals surface area contributed by atoms with Gasteiger partial charge in [0.2, 0.25) is 5.88 Å². The predicted octanol–water partition coefficient (Wildman–Crippen LogP) is 5.63. The third-order valence-electron chi connectivity index (χ3n) is 5.82. The molecule has 2 atom stereocenters. The second-order valence-corrected chi connectivity index (χ2v) is 9.08. The summed E-state index contributed by atoms with van der Waals surface area (Å²) in [6.07, 6.45) is 0. The zero-order chi connectivity index (χ0) is 19.5. The molecule has 4 heterocycles. The third-order valence-corrected chi connectivity index (χ3v) is 7.25. The molecule has 4 aromatic rings. The van der Waals surface area contributed by atoms with Crippen LogP contribution in [-0.2, 0) is 0 Å². The highest BCUT2D eigenvalue weighted by atomic mass is 35.5. The van der Waals surface area contributed by atoms with Gasteiger partial charge in [0.05, 0.1) is 23.5 Å². The number of aryl methyl sites for hydroxylation is 1. The van der Waals surface area contributed by atoms with Crippen LogP contribution in [0.25, 0.3) is 16.6 Å². The van der Waals surface area contributed by atoms with E-state index in [2.05, 4.69) is 31.2 Å². The van der Waals surface area contributed by atoms with Crippen molar-refractivity contribution in [2.24, 2.45) is 5.92 Å². The van der Waals surface area contributed by atoms with Crippen molar-refractivity contribution < 1.29 is 4.74 Å². The summed E-state index contributed by atoms with van der Waals surface area (Å²) in [5.41, 5.74) is 5.45. The van der Waals surface area contributed by atoms with Gasteiger partial charge in [-0.1, -0.05) is 35.9 Å². The maximum Gasteiger partial charge on any atom is 0.220 e. The van der Waals surface area contributed by atoms with E-state index in [0.717, 1.165) is 33.6 Å². The van der Waals surface area contributed by atoms with Gasteiger partial charge in [-0.05, 0) is 42.8 Å². The lowest BCUT2D eigenvalue weighted by atomic mass is 9.80. The monoisotopic (exact) mass is 419 g/mol. The van der Waals surface area contributed by atoms with Crippen LogP contribution in [0.3, 0.4) is 0 Å². The van der Waals surface area contributed by atoms with Crippen molar-refractivity contribution >= 4 is 34.3 Å². The van der Waals surface area contributed by atoms with Gasteiger partial charge in [0, 0.05) is 33.6 Å². The lowest BCUT2D eigenvalue weighted by molar-refractivity contribution is 0.205. The Hall–Kier alpha value is -2.50. The molecule has 4 nitrogen and oxygen atoms in total. The minimum atomic E-state index is 0.250. The van der Waals surface area contributed by atoms with Crippen molar-refractivity contribution in [3.63, 3.8) is 0 Å². The van der Waals surface area contributed by atoms with E-state index >= 15 is 0 Å². The van der Waals surface area contributed by atoms with Gasteiger partial charge in [0.25, 0.3) is 0 Å². The van der Waals surface area contributed by atoms with Crippen molar-refractivity contribution in [3.8, 4) is 11.6 Å². The maximum atomic E-state index is 6.27. The average molecular weight is 420 g/mol. The highest BCUT2D eigenvalue weighted by Crippen LogP contribution is 2.51. The molecule has 2 aliphatic rings. The highest BCUT2D eigenvalue weighted by molar-refractivity contribution is 7.99. The van der Waals surface area contributed by atoms with Gasteiger partial charge in [-0.25, -0.2) is 9.67 Å². The minimum Gasteiger partial charge on any atom is -0.477 e. The molecular weight excluding hydrogens is 402 g/mol. The molecule has 0 fully saturated rings. The number of nitrogens with zero attached hydrogens (tertiary/aromatic N) is 3. The minimum absolute atomic E-state index is 0.250. The Labute approximate surface area is 177 Å². The maximum absolute atomic E-state index is 6.27. The molecule has 0 spiro atoms. The first-order chi connectivity index (χ1) is 14.2. The normalized spacial score (nSPS) is 19.9. The number of thioether (sulfide) groups is 1. The van der Waals surface area contributed by atoms with Crippen LogP contribution in [0.2, 0.25) is 5.02 Å². The first-order valence-corrected chi connectivity index (χ1v) is 11.1. The van der Waals surface area contributed by atoms with Crippen molar-refractivity contribution in [2.75, 3.05) is 12.4 Å². The number of benzene rings is 2. The summed E-state index contributed by atoms with van der Waals surface area (Å²) in [5, 5.41) is 7.84. The standard InChI is InChI=1S/C23H18ClN3OS/c1-13-20-21-15(11-28-23(20)27(26-13)17-7-4-6-16(24)10-17)12-29-22-18(21)9-14-5-2-3-8-19(14)25-22/h2-10,15,21H,11-12H2,1H3/t15-,21-/m0/s1. The van der Waals surface area contributed by atoms with E-state index in [4.69, 9.17) is 26.4 Å². The van der Waals surface area contributed by atoms with Gasteiger partial charge in [0.15, 0.2) is 0 Å². The Morgan fingerprint density at radius 2 is 2.03 bits per heavy atom. The second-order valence-electron chi connectivity index (χ2n) is 7.63. The number of ether oxygens (including phenoxy) is 1. The molecule has 0 unspecified atom stereocenters. The molecule has 144 valence electrons. The fourth-order valence-electron chi connectivity index (χ4n) is 4.51. The summed E-state index contributed by atoms with van der Waals surface area (Å²) in [7, 11) is 0. The molecule has 2 aromatic carbocycles. The summed E-state index contributed by atoms with van der Waals surface area (Å²) in [6, 6.07) is 18.4. The average Bonchev–Trinajstić information content (AvgIpc) is 3.09. The smallest absolute Gasteiger partial charge is 0.220 e. The Bertz CT molecular complexity index is 1270. The van der Waals surface area contributed by atoms with E-state index in [1.807, 2.05) is 46.8 Å². The zero-order valence-corrected chi connectivity index (χ0v) is 17.4. The molecule has 29 heavy (non-hydrogen) atoms. The van der Waals surface area contributed by atoms with Crippen LogP contribution in [0.5, 0.6) is 5.88 Å². The van der Waals surface area contributed by atoms with Crippen LogP contribution in [0, 0.1) is 12.8 Å². The molecule has 0 N–H and O–H groups in total. The van der Waals surface area contributed by atoms with Crippen LogP contribution < -0.4 is 4.74 Å². The highest BCUT2D eigenvalue weighted by Gasteiger charge is 2.41. The number of halogens is 1. The summed E-state index contributed by atoms with van der Waals surface area (Å²) in [6.45, 7) is 2.75. The molecule has 0 aliphatic carbocycles. The third kappa shape index (κ3) is 2.68. The summed E-state index contributed by atoms with van der Waals surface area (Å²) in [4.78, 5) is 4.96.